The third-order valence-electron chi connectivity index (χ3n) is 1.78. The maximum Gasteiger partial charge on any atom is 0.230 e. The second-order valence-corrected chi connectivity index (χ2v) is 4.03. The van der Waals surface area contributed by atoms with Crippen LogP contribution < -0.4 is 0 Å². The number of hydrogen-bond acceptors (Lipinski definition) is 2. The summed E-state index contributed by atoms with van der Waals surface area (Å²) in [4.78, 5) is 12.3. The molecule has 0 bridgehead atoms. The largest absolute Gasteiger partial charge is 0.304 e. The van der Waals surface area contributed by atoms with Gasteiger partial charge in [-0.3, -0.25) is 9.00 Å². The van der Waals surface area contributed by atoms with Crippen molar-refractivity contribution in [1.29, 1.82) is 0 Å². The first-order valence-electron chi connectivity index (χ1n) is 3.14. The highest BCUT2D eigenvalue weighted by Gasteiger charge is 2.40. The van der Waals surface area contributed by atoms with E-state index < -0.39 is 10.8 Å². The second-order valence-electron chi connectivity index (χ2n) is 2.39. The molecular weight excluding hydrogens is 150 g/mol. The normalized spacial score (nSPS) is 37.2. The van der Waals surface area contributed by atoms with E-state index in [-0.39, 0.29) is 11.3 Å². The predicted octanol–water partition coefficient (Wildman–Crippen LogP) is -0.179. The molecule has 1 amide bonds. The quantitative estimate of drug-likeness (QED) is 0.457. The van der Waals surface area contributed by atoms with Crippen LogP contribution in [-0.4, -0.2) is 26.1 Å². The minimum atomic E-state index is -0.831. The van der Waals surface area contributed by atoms with Crippen LogP contribution in [0.15, 0.2) is 12.3 Å². The van der Waals surface area contributed by atoms with Crippen molar-refractivity contribution >= 4 is 16.7 Å². The van der Waals surface area contributed by atoms with E-state index in [0.717, 1.165) is 0 Å². The van der Waals surface area contributed by atoms with Gasteiger partial charge in [-0.1, -0.05) is 6.08 Å². The van der Waals surface area contributed by atoms with Gasteiger partial charge in [-0.05, 0) is 0 Å². The lowest BCUT2D eigenvalue weighted by Gasteiger charge is -2.38. The van der Waals surface area contributed by atoms with Crippen molar-refractivity contribution in [3.8, 4) is 0 Å². The molecule has 0 N–H and O–H groups in total. The molecular formula is C6H7NO2S. The van der Waals surface area contributed by atoms with Gasteiger partial charge in [-0.15, -0.1) is 0 Å². The Hall–Kier alpha value is -0.640. The first-order chi connectivity index (χ1) is 4.79. The smallest absolute Gasteiger partial charge is 0.230 e. The topological polar surface area (TPSA) is 37.4 Å². The highest BCUT2D eigenvalue weighted by molar-refractivity contribution is 7.85. The van der Waals surface area contributed by atoms with Crippen molar-refractivity contribution in [3.63, 3.8) is 0 Å². The van der Waals surface area contributed by atoms with Crippen LogP contribution >= 0.6 is 0 Å². The maximum absolute atomic E-state index is 11.1. The van der Waals surface area contributed by atoms with Crippen LogP contribution in [0.25, 0.3) is 0 Å². The average molecular weight is 157 g/mol. The van der Waals surface area contributed by atoms with Crippen LogP contribution in [0.1, 0.15) is 6.42 Å². The number of fused-ring (bicyclic) bond motifs is 1. The molecule has 2 atom stereocenters. The van der Waals surface area contributed by atoms with Gasteiger partial charge in [0, 0.05) is 22.8 Å². The lowest BCUT2D eigenvalue weighted by atomic mass is 10.2. The van der Waals surface area contributed by atoms with Crippen LogP contribution in [-0.2, 0) is 15.6 Å². The summed E-state index contributed by atoms with van der Waals surface area (Å²) < 4.78 is 11.1. The lowest BCUT2D eigenvalue weighted by Crippen LogP contribution is -2.53. The first kappa shape index (κ1) is 6.09. The summed E-state index contributed by atoms with van der Waals surface area (Å²) >= 11 is 0. The van der Waals surface area contributed by atoms with Gasteiger partial charge in [-0.2, -0.15) is 0 Å². The Morgan fingerprint density at radius 3 is 3.10 bits per heavy atom. The molecule has 3 nitrogen and oxygen atoms in total. The van der Waals surface area contributed by atoms with Gasteiger partial charge in [0.15, 0.2) is 0 Å². The number of carbonyl (C=O) groups is 1. The third-order valence-corrected chi connectivity index (χ3v) is 3.30. The van der Waals surface area contributed by atoms with E-state index in [4.69, 9.17) is 0 Å². The molecule has 0 aromatic rings. The first-order valence-corrected chi connectivity index (χ1v) is 4.52. The summed E-state index contributed by atoms with van der Waals surface area (Å²) in [7, 11) is -0.831. The molecule has 0 aromatic heterocycles. The monoisotopic (exact) mass is 157 g/mol. The van der Waals surface area contributed by atoms with Gasteiger partial charge >= 0.3 is 0 Å². The molecule has 0 aromatic carbocycles. The van der Waals surface area contributed by atoms with Crippen molar-refractivity contribution < 1.29 is 9.00 Å². The van der Waals surface area contributed by atoms with Crippen LogP contribution in [0.4, 0.5) is 0 Å². The number of rotatable bonds is 0. The van der Waals surface area contributed by atoms with Gasteiger partial charge < -0.3 is 4.90 Å². The summed E-state index contributed by atoms with van der Waals surface area (Å²) in [5, 5.41) is -0.00231. The molecule has 1 fully saturated rings. The Labute approximate surface area is 61.2 Å². The summed E-state index contributed by atoms with van der Waals surface area (Å²) in [6.07, 6.45) is 3.98. The summed E-state index contributed by atoms with van der Waals surface area (Å²) in [5.41, 5.74) is 0. The molecule has 2 aliphatic rings. The molecule has 0 spiro atoms. The number of amides is 1. The molecule has 1 saturated heterocycles. The average Bonchev–Trinajstić information content (AvgIpc) is 1.91. The van der Waals surface area contributed by atoms with E-state index in [1.54, 1.807) is 17.2 Å². The molecule has 2 unspecified atom stereocenters. The van der Waals surface area contributed by atoms with Crippen molar-refractivity contribution in [2.75, 3.05) is 5.75 Å². The minimum Gasteiger partial charge on any atom is -0.304 e. The van der Waals surface area contributed by atoms with Crippen molar-refractivity contribution in [2.45, 2.75) is 11.8 Å². The van der Waals surface area contributed by atoms with Gasteiger partial charge in [0.1, 0.15) is 5.37 Å². The Balaban J connectivity index is 2.25. The van der Waals surface area contributed by atoms with Gasteiger partial charge in [-0.25, -0.2) is 0 Å². The van der Waals surface area contributed by atoms with E-state index in [0.29, 0.717) is 12.2 Å². The van der Waals surface area contributed by atoms with E-state index in [1.807, 2.05) is 0 Å². The Morgan fingerprint density at radius 1 is 1.70 bits per heavy atom. The lowest BCUT2D eigenvalue weighted by molar-refractivity contribution is -0.137. The van der Waals surface area contributed by atoms with Crippen LogP contribution in [0, 0.1) is 0 Å². The highest BCUT2D eigenvalue weighted by Crippen LogP contribution is 2.25. The molecule has 10 heavy (non-hydrogen) atoms. The van der Waals surface area contributed by atoms with Gasteiger partial charge in [0.05, 0.1) is 6.42 Å². The van der Waals surface area contributed by atoms with Crippen molar-refractivity contribution in [1.82, 2.24) is 4.90 Å². The molecule has 2 aliphatic heterocycles. The second kappa shape index (κ2) is 1.92. The highest BCUT2D eigenvalue weighted by atomic mass is 32.2. The van der Waals surface area contributed by atoms with Crippen molar-refractivity contribution in [2.24, 2.45) is 0 Å². The summed E-state index contributed by atoms with van der Waals surface area (Å²) in [6, 6.07) is 0. The van der Waals surface area contributed by atoms with E-state index >= 15 is 0 Å². The molecule has 2 heterocycles. The molecule has 0 saturated carbocycles. The van der Waals surface area contributed by atoms with E-state index in [2.05, 4.69) is 0 Å². The van der Waals surface area contributed by atoms with Crippen LogP contribution in [0.3, 0.4) is 0 Å². The standard InChI is InChI=1S/C6H7NO2S/c8-5-4-6-7(5)2-1-3-10(6)9/h1-2,6H,3-4H2. The number of β-lactam (4-membered cyclic amide) rings is 1. The minimum absolute atomic E-state index is 0.00231. The third kappa shape index (κ3) is 0.653. The fourth-order valence-corrected chi connectivity index (χ4v) is 2.43. The zero-order valence-corrected chi connectivity index (χ0v) is 6.13. The predicted molar refractivity (Wildman–Crippen MR) is 37.4 cm³/mol. The molecule has 54 valence electrons. The summed E-state index contributed by atoms with van der Waals surface area (Å²) in [6.45, 7) is 0. The summed E-state index contributed by atoms with van der Waals surface area (Å²) in [5.74, 6) is 0.698. The number of carbonyl (C=O) groups excluding carboxylic acids is 1. The fourth-order valence-electron chi connectivity index (χ4n) is 1.16. The SMILES string of the molecule is O=C1CC2N1C=CCS2=O. The van der Waals surface area contributed by atoms with Gasteiger partial charge in [0.2, 0.25) is 5.91 Å². The number of hydrogen-bond donors (Lipinski definition) is 0. The molecule has 0 radical (unpaired) electrons. The zero-order chi connectivity index (χ0) is 7.14. The van der Waals surface area contributed by atoms with E-state index in [1.165, 1.54) is 0 Å². The fraction of sp³-hybridized carbons (Fsp3) is 0.500. The Bertz CT molecular complexity index is 236. The van der Waals surface area contributed by atoms with Crippen molar-refractivity contribution in [3.05, 3.63) is 12.3 Å². The Morgan fingerprint density at radius 2 is 2.50 bits per heavy atom. The van der Waals surface area contributed by atoms with E-state index in [9.17, 15) is 9.00 Å². The number of nitrogens with zero attached hydrogens (tertiary/aromatic N) is 1. The van der Waals surface area contributed by atoms with Crippen LogP contribution in [0.2, 0.25) is 0 Å². The Kier molecular flexibility index (Phi) is 1.17. The zero-order valence-electron chi connectivity index (χ0n) is 5.32. The molecule has 0 aliphatic carbocycles. The van der Waals surface area contributed by atoms with Crippen LogP contribution in [0.5, 0.6) is 0 Å². The molecule has 4 heteroatoms. The molecule has 2 rings (SSSR count). The maximum atomic E-state index is 11.1. The van der Waals surface area contributed by atoms with Gasteiger partial charge in [0.25, 0.3) is 0 Å².